The zero-order valence-corrected chi connectivity index (χ0v) is 15.0. The molecular formula is C18H18ClN3O4. The first kappa shape index (κ1) is 16.9. The number of carbonyl (C=O) groups excluding carboxylic acids is 2. The van der Waals surface area contributed by atoms with Crippen molar-refractivity contribution in [3.63, 3.8) is 0 Å². The number of halogens is 1. The van der Waals surface area contributed by atoms with Crippen LogP contribution in [0.25, 0.3) is 0 Å². The highest BCUT2D eigenvalue weighted by molar-refractivity contribution is 6.30. The third kappa shape index (κ3) is 3.03. The van der Waals surface area contributed by atoms with E-state index in [4.69, 9.17) is 20.8 Å². The summed E-state index contributed by atoms with van der Waals surface area (Å²) in [5, 5.41) is 0.671. The second kappa shape index (κ2) is 6.64. The molecule has 0 N–H and O–H groups in total. The third-order valence-corrected chi connectivity index (χ3v) is 5.12. The molecule has 3 heterocycles. The lowest BCUT2D eigenvalue weighted by molar-refractivity contribution is 0.0698. The molecule has 2 aromatic rings. The number of rotatable bonds is 4. The van der Waals surface area contributed by atoms with Gasteiger partial charge in [0.05, 0.1) is 18.3 Å². The summed E-state index contributed by atoms with van der Waals surface area (Å²) in [6.45, 7) is 3.03. The molecule has 2 atom stereocenters. The largest absolute Gasteiger partial charge is 0.442 e. The van der Waals surface area contributed by atoms with Crippen LogP contribution in [0.4, 0.5) is 4.79 Å². The Morgan fingerprint density at radius 1 is 1.38 bits per heavy atom. The Morgan fingerprint density at radius 2 is 2.23 bits per heavy atom. The van der Waals surface area contributed by atoms with Crippen LogP contribution in [0.3, 0.4) is 0 Å². The van der Waals surface area contributed by atoms with Crippen LogP contribution in [-0.4, -0.2) is 58.6 Å². The average Bonchev–Trinajstić information content (AvgIpc) is 3.27. The molecule has 1 aromatic carbocycles. The van der Waals surface area contributed by atoms with E-state index in [-0.39, 0.29) is 29.9 Å². The molecule has 0 bridgehead atoms. The summed E-state index contributed by atoms with van der Waals surface area (Å²) in [7, 11) is 0. The van der Waals surface area contributed by atoms with Gasteiger partial charge in [-0.1, -0.05) is 23.7 Å². The molecule has 2 saturated heterocycles. The number of fused-ring (bicyclic) bond motifs is 1. The fourth-order valence-corrected chi connectivity index (χ4v) is 3.73. The number of oxazole rings is 1. The van der Waals surface area contributed by atoms with E-state index >= 15 is 0 Å². The van der Waals surface area contributed by atoms with Crippen molar-refractivity contribution in [3.05, 3.63) is 52.7 Å². The SMILES string of the molecule is Cc1ncoc1C(=O)N1C[C@@H]2OC(=O)N(CCc3cccc(Cl)c3)[C@@H]2C1. The fourth-order valence-electron chi connectivity index (χ4n) is 3.52. The molecule has 2 amide bonds. The Morgan fingerprint density at radius 3 is 2.96 bits per heavy atom. The van der Waals surface area contributed by atoms with Crippen molar-refractivity contribution in [2.45, 2.75) is 25.5 Å². The molecule has 0 unspecified atom stereocenters. The number of hydrogen-bond acceptors (Lipinski definition) is 5. The highest BCUT2D eigenvalue weighted by atomic mass is 35.5. The quantitative estimate of drug-likeness (QED) is 0.820. The van der Waals surface area contributed by atoms with Crippen molar-refractivity contribution in [2.24, 2.45) is 0 Å². The molecule has 4 rings (SSSR count). The van der Waals surface area contributed by atoms with E-state index in [1.165, 1.54) is 6.39 Å². The van der Waals surface area contributed by atoms with Gasteiger partial charge in [-0.05, 0) is 31.0 Å². The maximum Gasteiger partial charge on any atom is 0.410 e. The van der Waals surface area contributed by atoms with Gasteiger partial charge in [-0.15, -0.1) is 0 Å². The highest BCUT2D eigenvalue weighted by Crippen LogP contribution is 2.28. The number of benzene rings is 1. The predicted octanol–water partition coefficient (Wildman–Crippen LogP) is 2.52. The summed E-state index contributed by atoms with van der Waals surface area (Å²) in [6.07, 6.45) is 1.30. The first-order chi connectivity index (χ1) is 12.5. The van der Waals surface area contributed by atoms with Gasteiger partial charge in [-0.25, -0.2) is 9.78 Å². The van der Waals surface area contributed by atoms with Gasteiger partial charge in [-0.2, -0.15) is 0 Å². The van der Waals surface area contributed by atoms with Gasteiger partial charge < -0.3 is 14.1 Å². The first-order valence-electron chi connectivity index (χ1n) is 8.44. The fraction of sp³-hybridized carbons (Fsp3) is 0.389. The lowest BCUT2D eigenvalue weighted by atomic mass is 10.1. The maximum atomic E-state index is 12.6. The van der Waals surface area contributed by atoms with Crippen LogP contribution in [0.15, 0.2) is 35.1 Å². The molecule has 0 aliphatic carbocycles. The summed E-state index contributed by atoms with van der Waals surface area (Å²) in [6, 6.07) is 7.42. The monoisotopic (exact) mass is 375 g/mol. The lowest BCUT2D eigenvalue weighted by Gasteiger charge is -2.22. The van der Waals surface area contributed by atoms with Crippen LogP contribution in [0, 0.1) is 6.92 Å². The number of likely N-dealkylation sites (tertiary alicyclic amines) is 1. The summed E-state index contributed by atoms with van der Waals surface area (Å²) in [4.78, 5) is 32.1. The third-order valence-electron chi connectivity index (χ3n) is 4.88. The van der Waals surface area contributed by atoms with E-state index < -0.39 is 0 Å². The van der Waals surface area contributed by atoms with E-state index in [0.29, 0.717) is 36.8 Å². The van der Waals surface area contributed by atoms with E-state index in [9.17, 15) is 9.59 Å². The second-order valence-electron chi connectivity index (χ2n) is 6.54. The van der Waals surface area contributed by atoms with Crippen LogP contribution in [-0.2, 0) is 11.2 Å². The number of aromatic nitrogens is 1. The van der Waals surface area contributed by atoms with E-state index in [2.05, 4.69) is 4.98 Å². The highest BCUT2D eigenvalue weighted by Gasteiger charge is 2.49. The zero-order valence-electron chi connectivity index (χ0n) is 14.2. The Balaban J connectivity index is 1.43. The van der Waals surface area contributed by atoms with Gasteiger partial charge in [0.2, 0.25) is 5.76 Å². The average molecular weight is 376 g/mol. The number of hydrogen-bond donors (Lipinski definition) is 0. The normalized spacial score (nSPS) is 21.8. The molecule has 7 nitrogen and oxygen atoms in total. The number of aryl methyl sites for hydroxylation is 1. The summed E-state index contributed by atoms with van der Waals surface area (Å²) in [5.41, 5.74) is 1.61. The van der Waals surface area contributed by atoms with Crippen molar-refractivity contribution in [2.75, 3.05) is 19.6 Å². The molecule has 26 heavy (non-hydrogen) atoms. The summed E-state index contributed by atoms with van der Waals surface area (Å²) in [5.74, 6) is 0.0158. The van der Waals surface area contributed by atoms with Gasteiger partial charge in [0.1, 0.15) is 6.10 Å². The molecule has 8 heteroatoms. The van der Waals surface area contributed by atoms with Crippen molar-refractivity contribution < 1.29 is 18.7 Å². The molecule has 2 aliphatic heterocycles. The van der Waals surface area contributed by atoms with Crippen molar-refractivity contribution in [1.29, 1.82) is 0 Å². The van der Waals surface area contributed by atoms with Gasteiger partial charge in [0, 0.05) is 18.1 Å². The van der Waals surface area contributed by atoms with Crippen LogP contribution < -0.4 is 0 Å². The van der Waals surface area contributed by atoms with E-state index in [1.54, 1.807) is 16.7 Å². The van der Waals surface area contributed by atoms with Gasteiger partial charge in [-0.3, -0.25) is 9.69 Å². The molecule has 0 saturated carbocycles. The zero-order chi connectivity index (χ0) is 18.3. The minimum Gasteiger partial charge on any atom is -0.442 e. The van der Waals surface area contributed by atoms with Crippen molar-refractivity contribution in [3.8, 4) is 0 Å². The number of amides is 2. The molecule has 0 spiro atoms. The summed E-state index contributed by atoms with van der Waals surface area (Å²) >= 11 is 6.01. The van der Waals surface area contributed by atoms with Crippen LogP contribution >= 0.6 is 11.6 Å². The van der Waals surface area contributed by atoms with Crippen LogP contribution in [0.5, 0.6) is 0 Å². The van der Waals surface area contributed by atoms with E-state index in [0.717, 1.165) is 5.56 Å². The molecule has 2 aliphatic rings. The Kier molecular flexibility index (Phi) is 4.32. The maximum absolute atomic E-state index is 12.6. The smallest absolute Gasteiger partial charge is 0.410 e. The van der Waals surface area contributed by atoms with Gasteiger partial charge >= 0.3 is 6.09 Å². The number of carbonyl (C=O) groups is 2. The Labute approximate surface area is 155 Å². The standard InChI is InChI=1S/C18H18ClN3O4/c1-11-16(25-10-20-11)17(23)21-8-14-15(9-21)26-18(24)22(14)6-5-12-3-2-4-13(19)7-12/h2-4,7,10,14-15H,5-6,8-9H2,1H3/t14-,15+/m1/s1. The molecule has 136 valence electrons. The van der Waals surface area contributed by atoms with Gasteiger partial charge in [0.25, 0.3) is 5.91 Å². The molecular weight excluding hydrogens is 358 g/mol. The molecule has 2 fully saturated rings. The van der Waals surface area contributed by atoms with Crippen molar-refractivity contribution >= 4 is 23.6 Å². The number of nitrogens with zero attached hydrogens (tertiary/aromatic N) is 3. The number of ether oxygens (including phenoxy) is 1. The minimum absolute atomic E-state index is 0.145. The topological polar surface area (TPSA) is 75.9 Å². The van der Waals surface area contributed by atoms with Crippen LogP contribution in [0.1, 0.15) is 21.8 Å². The van der Waals surface area contributed by atoms with Crippen LogP contribution in [0.2, 0.25) is 5.02 Å². The summed E-state index contributed by atoms with van der Waals surface area (Å²) < 4.78 is 10.6. The second-order valence-corrected chi connectivity index (χ2v) is 6.98. The van der Waals surface area contributed by atoms with E-state index in [1.807, 2.05) is 24.3 Å². The predicted molar refractivity (Wildman–Crippen MR) is 93.1 cm³/mol. The lowest BCUT2D eigenvalue weighted by Crippen LogP contribution is -2.40. The first-order valence-corrected chi connectivity index (χ1v) is 8.82. The molecule has 1 aromatic heterocycles. The van der Waals surface area contributed by atoms with Gasteiger partial charge in [0.15, 0.2) is 6.39 Å². The van der Waals surface area contributed by atoms with Crippen molar-refractivity contribution in [1.82, 2.24) is 14.8 Å². The minimum atomic E-state index is -0.329. The Bertz CT molecular complexity index is 852. The molecule has 0 radical (unpaired) electrons. The Hall–Kier alpha value is -2.54.